The van der Waals surface area contributed by atoms with E-state index in [4.69, 9.17) is 22.0 Å². The van der Waals surface area contributed by atoms with Gasteiger partial charge in [0.15, 0.2) is 19.7 Å². The van der Waals surface area contributed by atoms with Crippen LogP contribution in [0.5, 0.6) is 11.5 Å². The van der Waals surface area contributed by atoms with E-state index in [1.165, 1.54) is 66.7 Å². The van der Waals surface area contributed by atoms with Gasteiger partial charge in [-0.1, -0.05) is 22.6 Å². The third-order valence-corrected chi connectivity index (χ3v) is 15.9. The highest BCUT2D eigenvalue weighted by molar-refractivity contribution is 7.95. The summed E-state index contributed by atoms with van der Waals surface area (Å²) in [6.45, 7) is 0. The number of nitrogen functional groups attached to an aromatic ring is 2. The second-order valence-electron chi connectivity index (χ2n) is 13.8. The minimum atomic E-state index is -4.96. The Labute approximate surface area is 388 Å². The Morgan fingerprint density at radius 3 is 1.72 bits per heavy atom. The van der Waals surface area contributed by atoms with Crippen LogP contribution < -0.4 is 11.5 Å². The Balaban J connectivity index is 1.09. The number of anilines is 2. The molecular formula is C37H34N6O18S6. The van der Waals surface area contributed by atoms with Crippen LogP contribution in [0.1, 0.15) is 19.3 Å². The molecule has 0 unspecified atom stereocenters. The third kappa shape index (κ3) is 12.1. The number of phenolic OH excluding ortho intramolecular Hbond substituents is 2. The van der Waals surface area contributed by atoms with Crippen LogP contribution in [0.3, 0.4) is 0 Å². The summed E-state index contributed by atoms with van der Waals surface area (Å²) in [4.78, 5) is -1.54. The summed E-state index contributed by atoms with van der Waals surface area (Å²) in [6.07, 6.45) is 0.356. The third-order valence-electron chi connectivity index (χ3n) is 9.45. The first-order valence-corrected chi connectivity index (χ1v) is 26.1. The summed E-state index contributed by atoms with van der Waals surface area (Å²) in [5.41, 5.74) is 10.9. The monoisotopic (exact) mass is 1040 g/mol. The number of nitrogens with zero attached hydrogens (tertiary/aromatic N) is 4. The van der Waals surface area contributed by atoms with Gasteiger partial charge >= 0.3 is 0 Å². The zero-order chi connectivity index (χ0) is 48.9. The number of nitrogens with two attached hydrogens (primary N) is 2. The highest BCUT2D eigenvalue weighted by atomic mass is 32.2. The minimum Gasteiger partial charge on any atom is -0.507 e. The standard InChI is InChI=1S/C37H34N6O18S6/c38-35-28(19-31(66(52,53)54)27-16-24(63-61-59-47)18-30(45)34(27)35)42-41-22-5-4-6-26(15-22)65(50,51)12-3-1-2-11-64(48,49)25-9-7-21(8-10-25)40-43-37-32(67(55,56)57)14-20-13-23(62-60-58-46)17-29(44)33(20)36(37)39/h4-10,13-19,44-47H,1-3,11-12,38-39H2,(H,52,53,54)(H,55,56,57). The summed E-state index contributed by atoms with van der Waals surface area (Å²) in [5.74, 6) is -1.72. The van der Waals surface area contributed by atoms with E-state index in [1.807, 2.05) is 0 Å². The van der Waals surface area contributed by atoms with E-state index in [9.17, 15) is 53.0 Å². The molecule has 6 aromatic carbocycles. The van der Waals surface area contributed by atoms with Crippen molar-refractivity contribution < 1.29 is 82.2 Å². The topological polar surface area (TPSA) is 396 Å². The van der Waals surface area contributed by atoms with Crippen LogP contribution in [-0.2, 0) is 58.7 Å². The lowest BCUT2D eigenvalue weighted by Gasteiger charge is -2.12. The Morgan fingerprint density at radius 2 is 1.12 bits per heavy atom. The van der Waals surface area contributed by atoms with Crippen LogP contribution >= 0.6 is 24.1 Å². The number of phenols is 2. The predicted octanol–water partition coefficient (Wildman–Crippen LogP) is 8.17. The molecule has 0 saturated heterocycles. The van der Waals surface area contributed by atoms with Crippen molar-refractivity contribution in [2.45, 2.75) is 48.6 Å². The van der Waals surface area contributed by atoms with E-state index in [1.54, 1.807) is 0 Å². The zero-order valence-corrected chi connectivity index (χ0v) is 38.5. The average Bonchev–Trinajstić information content (AvgIpc) is 3.26. The van der Waals surface area contributed by atoms with Gasteiger partial charge < -0.3 is 21.7 Å². The van der Waals surface area contributed by atoms with Crippen LogP contribution in [0, 0.1) is 0 Å². The van der Waals surface area contributed by atoms with Gasteiger partial charge in [0.2, 0.25) is 0 Å². The molecule has 0 heterocycles. The SMILES string of the molecule is Nc1c(N=Nc2ccc(S(=O)(=O)CCCCCS(=O)(=O)c3cccc(N=Nc4cc(S(=O)(=O)O)c5cc(SOOO)cc(O)c5c4N)c3)cc2)c(S(=O)(=O)O)cc2cc(SOOO)cc(O)c12. The van der Waals surface area contributed by atoms with Crippen molar-refractivity contribution in [1.82, 2.24) is 0 Å². The van der Waals surface area contributed by atoms with Crippen molar-refractivity contribution in [3.63, 3.8) is 0 Å². The van der Waals surface area contributed by atoms with Crippen molar-refractivity contribution in [2.75, 3.05) is 23.0 Å². The van der Waals surface area contributed by atoms with Gasteiger partial charge in [-0.3, -0.25) is 9.11 Å². The first-order valence-electron chi connectivity index (χ1n) is 18.5. The van der Waals surface area contributed by atoms with Crippen LogP contribution in [0.4, 0.5) is 34.1 Å². The number of hydrogen-bond donors (Lipinski definition) is 8. The molecule has 0 bridgehead atoms. The van der Waals surface area contributed by atoms with Gasteiger partial charge in [0, 0.05) is 20.6 Å². The molecule has 0 aromatic heterocycles. The average molecular weight is 1040 g/mol. The molecule has 10 N–H and O–H groups in total. The quantitative estimate of drug-likeness (QED) is 0.00679. The van der Waals surface area contributed by atoms with E-state index >= 15 is 0 Å². The number of rotatable bonds is 20. The summed E-state index contributed by atoms with van der Waals surface area (Å²) < 4.78 is 130. The van der Waals surface area contributed by atoms with Gasteiger partial charge in [-0.05, 0) is 97.1 Å². The lowest BCUT2D eigenvalue weighted by atomic mass is 10.1. The molecule has 6 aromatic rings. The molecule has 24 nitrogen and oxygen atoms in total. The number of aromatic hydroxyl groups is 2. The Hall–Kier alpha value is -5.58. The second-order valence-corrected chi connectivity index (χ2v) is 22.4. The lowest BCUT2D eigenvalue weighted by molar-refractivity contribution is -0.432. The summed E-state index contributed by atoms with van der Waals surface area (Å²) >= 11 is 0.866. The molecule has 0 saturated carbocycles. The Morgan fingerprint density at radius 1 is 0.552 bits per heavy atom. The zero-order valence-electron chi connectivity index (χ0n) is 33.6. The van der Waals surface area contributed by atoms with Crippen molar-refractivity contribution in [3.05, 3.63) is 84.9 Å². The molecule has 0 aliphatic carbocycles. The van der Waals surface area contributed by atoms with Gasteiger partial charge in [0.05, 0.1) is 73.5 Å². The molecular weight excluding hydrogens is 1010 g/mol. The smallest absolute Gasteiger partial charge is 0.296 e. The van der Waals surface area contributed by atoms with Gasteiger partial charge in [0.25, 0.3) is 20.2 Å². The van der Waals surface area contributed by atoms with E-state index < -0.39 is 66.9 Å². The number of fused-ring (bicyclic) bond motifs is 2. The van der Waals surface area contributed by atoms with E-state index in [0.717, 1.165) is 18.2 Å². The van der Waals surface area contributed by atoms with Gasteiger partial charge in [-0.15, -0.1) is 18.9 Å². The first kappa shape index (κ1) is 50.8. The molecule has 0 radical (unpaired) electrons. The van der Waals surface area contributed by atoms with E-state index in [-0.39, 0.29) is 100 Å². The highest BCUT2D eigenvalue weighted by Crippen LogP contribution is 2.45. The van der Waals surface area contributed by atoms with Crippen molar-refractivity contribution >= 4 is 120 Å². The predicted molar refractivity (Wildman–Crippen MR) is 240 cm³/mol. The lowest BCUT2D eigenvalue weighted by Crippen LogP contribution is -2.09. The summed E-state index contributed by atoms with van der Waals surface area (Å²) in [5, 5.41) is 60.4. The van der Waals surface area contributed by atoms with Gasteiger partial charge in [-0.25, -0.2) is 27.4 Å². The molecule has 67 heavy (non-hydrogen) atoms. The number of sulfone groups is 2. The summed E-state index contributed by atoms with van der Waals surface area (Å²) in [7, 11) is -17.7. The molecule has 0 fully saturated rings. The van der Waals surface area contributed by atoms with Gasteiger partial charge in [-0.2, -0.15) is 27.1 Å². The highest BCUT2D eigenvalue weighted by Gasteiger charge is 2.25. The number of azo groups is 2. The minimum absolute atomic E-state index is 0.00233. The Kier molecular flexibility index (Phi) is 15.7. The van der Waals surface area contributed by atoms with Crippen molar-refractivity contribution in [1.29, 1.82) is 0 Å². The fourth-order valence-electron chi connectivity index (χ4n) is 6.45. The van der Waals surface area contributed by atoms with Crippen molar-refractivity contribution in [2.24, 2.45) is 20.5 Å². The molecule has 6 rings (SSSR count). The normalized spacial score (nSPS) is 12.8. The number of benzene rings is 6. The molecule has 356 valence electrons. The molecule has 0 atom stereocenters. The largest absolute Gasteiger partial charge is 0.507 e. The fraction of sp³-hybridized carbons (Fsp3) is 0.135. The molecule has 0 spiro atoms. The molecule has 0 aliphatic heterocycles. The summed E-state index contributed by atoms with van der Waals surface area (Å²) in [6, 6.07) is 16.9. The number of hydrogen-bond acceptors (Lipinski definition) is 24. The van der Waals surface area contributed by atoms with Crippen LogP contribution in [0.15, 0.2) is 135 Å². The van der Waals surface area contributed by atoms with Crippen LogP contribution in [-0.4, -0.2) is 75.0 Å². The maximum absolute atomic E-state index is 13.2. The first-order chi connectivity index (χ1) is 31.5. The Bertz CT molecular complexity index is 3400. The maximum Gasteiger partial charge on any atom is 0.296 e. The maximum atomic E-state index is 13.2. The second kappa shape index (κ2) is 20.7. The van der Waals surface area contributed by atoms with E-state index in [0.29, 0.717) is 24.1 Å². The van der Waals surface area contributed by atoms with Crippen molar-refractivity contribution in [3.8, 4) is 11.5 Å². The van der Waals surface area contributed by atoms with Crippen LogP contribution in [0.25, 0.3) is 21.5 Å². The van der Waals surface area contributed by atoms with Gasteiger partial charge in [0.1, 0.15) is 32.7 Å². The molecule has 30 heteroatoms. The molecule has 0 amide bonds. The van der Waals surface area contributed by atoms with E-state index in [2.05, 4.69) is 39.2 Å². The molecule has 0 aliphatic rings. The number of unbranched alkanes of at least 4 members (excludes halogenated alkanes) is 2. The van der Waals surface area contributed by atoms with Crippen LogP contribution in [0.2, 0.25) is 0 Å². The fourth-order valence-corrected chi connectivity index (χ4v) is 11.5.